The number of ether oxygens (including phenoxy) is 1. The third-order valence-electron chi connectivity index (χ3n) is 3.72. The van der Waals surface area contributed by atoms with Gasteiger partial charge in [-0.1, -0.05) is 18.2 Å². The summed E-state index contributed by atoms with van der Waals surface area (Å²) in [6.07, 6.45) is 1.00. The normalized spacial score (nSPS) is 22.2. The smallest absolute Gasteiger partial charge is 0.261 e. The van der Waals surface area contributed by atoms with Crippen molar-refractivity contribution in [3.05, 3.63) is 35.2 Å². The van der Waals surface area contributed by atoms with Gasteiger partial charge in [-0.05, 0) is 29.7 Å². The van der Waals surface area contributed by atoms with Crippen LogP contribution in [0.2, 0.25) is 0 Å². The van der Waals surface area contributed by atoms with E-state index in [9.17, 15) is 4.79 Å². The molecule has 20 heavy (non-hydrogen) atoms. The lowest BCUT2D eigenvalue weighted by Crippen LogP contribution is -2.44. The van der Waals surface area contributed by atoms with E-state index in [4.69, 9.17) is 4.74 Å². The molecule has 1 aromatic heterocycles. The highest BCUT2D eigenvalue weighted by Gasteiger charge is 2.34. The molecule has 1 saturated heterocycles. The van der Waals surface area contributed by atoms with E-state index < -0.39 is 0 Å². The molecule has 1 aromatic carbocycles. The van der Waals surface area contributed by atoms with Crippen LogP contribution >= 0.6 is 23.1 Å². The summed E-state index contributed by atoms with van der Waals surface area (Å²) in [7, 11) is 1.73. The second-order valence-electron chi connectivity index (χ2n) is 5.02. The first-order valence-corrected chi connectivity index (χ1v) is 8.59. The molecular formula is C15H17NO2S2. The fourth-order valence-electron chi connectivity index (χ4n) is 2.38. The van der Waals surface area contributed by atoms with Gasteiger partial charge in [0.1, 0.15) is 0 Å². The molecule has 1 fully saturated rings. The van der Waals surface area contributed by atoms with E-state index in [1.807, 2.05) is 42.1 Å². The van der Waals surface area contributed by atoms with Crippen LogP contribution in [-0.2, 0) is 4.74 Å². The monoisotopic (exact) mass is 307 g/mol. The first-order valence-electron chi connectivity index (χ1n) is 6.62. The number of hydrogen-bond donors (Lipinski definition) is 1. The summed E-state index contributed by atoms with van der Waals surface area (Å²) in [6, 6.07) is 10.0. The van der Waals surface area contributed by atoms with Crippen molar-refractivity contribution in [1.82, 2.24) is 5.32 Å². The van der Waals surface area contributed by atoms with Crippen LogP contribution in [-0.4, -0.2) is 36.7 Å². The second-order valence-corrected chi connectivity index (χ2v) is 7.21. The van der Waals surface area contributed by atoms with Crippen molar-refractivity contribution in [2.24, 2.45) is 0 Å². The molecule has 5 heteroatoms. The van der Waals surface area contributed by atoms with Gasteiger partial charge in [0.25, 0.3) is 5.91 Å². The van der Waals surface area contributed by atoms with E-state index in [0.29, 0.717) is 6.54 Å². The number of thioether (sulfide) groups is 1. The minimum atomic E-state index is -0.184. The van der Waals surface area contributed by atoms with Gasteiger partial charge in [-0.3, -0.25) is 4.79 Å². The number of amides is 1. The Bertz CT molecular complexity index is 584. The topological polar surface area (TPSA) is 38.3 Å². The fraction of sp³-hybridized carbons (Fsp3) is 0.400. The van der Waals surface area contributed by atoms with Crippen LogP contribution in [0.3, 0.4) is 0 Å². The molecule has 0 saturated carbocycles. The van der Waals surface area contributed by atoms with Gasteiger partial charge in [0.05, 0.1) is 10.5 Å². The summed E-state index contributed by atoms with van der Waals surface area (Å²) < 4.78 is 6.76. The molecule has 0 radical (unpaired) electrons. The number of hydrogen-bond acceptors (Lipinski definition) is 4. The zero-order chi connectivity index (χ0) is 14.0. The van der Waals surface area contributed by atoms with Crippen LogP contribution in [0.15, 0.2) is 30.3 Å². The summed E-state index contributed by atoms with van der Waals surface area (Å²) in [5, 5.41) is 4.15. The first kappa shape index (κ1) is 13.9. The number of rotatable bonds is 4. The Hall–Kier alpha value is -1.04. The van der Waals surface area contributed by atoms with Crippen LogP contribution in [0, 0.1) is 0 Å². The molecule has 1 atom stereocenters. The van der Waals surface area contributed by atoms with Crippen LogP contribution in [0.1, 0.15) is 16.1 Å². The maximum absolute atomic E-state index is 12.3. The molecule has 106 valence electrons. The Morgan fingerprint density at radius 2 is 2.30 bits per heavy atom. The number of carbonyl (C=O) groups excluding carboxylic acids is 1. The zero-order valence-electron chi connectivity index (χ0n) is 11.3. The van der Waals surface area contributed by atoms with Crippen molar-refractivity contribution in [3.8, 4) is 0 Å². The molecule has 0 spiro atoms. The predicted molar refractivity (Wildman–Crippen MR) is 85.8 cm³/mol. The van der Waals surface area contributed by atoms with E-state index in [1.165, 1.54) is 11.3 Å². The fourth-order valence-corrected chi connectivity index (χ4v) is 4.76. The van der Waals surface area contributed by atoms with E-state index in [0.717, 1.165) is 32.9 Å². The molecule has 1 N–H and O–H groups in total. The van der Waals surface area contributed by atoms with Crippen molar-refractivity contribution < 1.29 is 9.53 Å². The number of thiophene rings is 1. The molecule has 1 amide bonds. The van der Waals surface area contributed by atoms with Gasteiger partial charge in [0.2, 0.25) is 0 Å². The molecule has 1 aliphatic rings. The quantitative estimate of drug-likeness (QED) is 0.943. The Morgan fingerprint density at radius 1 is 1.45 bits per heavy atom. The molecule has 1 aliphatic heterocycles. The molecule has 2 heterocycles. The summed E-state index contributed by atoms with van der Waals surface area (Å²) in [5.41, 5.74) is -0.184. The molecule has 0 aliphatic carbocycles. The average molecular weight is 307 g/mol. The largest absolute Gasteiger partial charge is 0.376 e. The minimum absolute atomic E-state index is 0.000440. The third kappa shape index (κ3) is 2.71. The van der Waals surface area contributed by atoms with Crippen molar-refractivity contribution in [2.75, 3.05) is 25.2 Å². The molecule has 3 nitrogen and oxygen atoms in total. The highest BCUT2D eigenvalue weighted by atomic mass is 32.2. The van der Waals surface area contributed by atoms with Crippen molar-refractivity contribution in [1.29, 1.82) is 0 Å². The predicted octanol–water partition coefficient (Wildman–Crippen LogP) is 3.15. The Kier molecular flexibility index (Phi) is 4.01. The molecular weight excluding hydrogens is 290 g/mol. The Balaban J connectivity index is 1.69. The highest BCUT2D eigenvalue weighted by Crippen LogP contribution is 2.30. The van der Waals surface area contributed by atoms with Gasteiger partial charge in [-0.15, -0.1) is 11.3 Å². The van der Waals surface area contributed by atoms with E-state index in [1.54, 1.807) is 7.11 Å². The van der Waals surface area contributed by atoms with Gasteiger partial charge < -0.3 is 10.1 Å². The summed E-state index contributed by atoms with van der Waals surface area (Å²) >= 11 is 3.42. The van der Waals surface area contributed by atoms with Crippen molar-refractivity contribution in [3.63, 3.8) is 0 Å². The van der Waals surface area contributed by atoms with E-state index >= 15 is 0 Å². The van der Waals surface area contributed by atoms with Crippen LogP contribution in [0.25, 0.3) is 10.1 Å². The molecule has 3 rings (SSSR count). The van der Waals surface area contributed by atoms with Gasteiger partial charge in [0, 0.05) is 24.1 Å². The van der Waals surface area contributed by atoms with E-state index in [2.05, 4.69) is 5.32 Å². The maximum Gasteiger partial charge on any atom is 0.261 e. The second kappa shape index (κ2) is 5.76. The summed E-state index contributed by atoms with van der Waals surface area (Å²) in [4.78, 5) is 13.0. The lowest BCUT2D eigenvalue weighted by atomic mass is 10.0. The van der Waals surface area contributed by atoms with Crippen LogP contribution in [0.5, 0.6) is 0 Å². The van der Waals surface area contributed by atoms with E-state index in [-0.39, 0.29) is 11.5 Å². The first-order chi connectivity index (χ1) is 9.72. The van der Waals surface area contributed by atoms with Crippen LogP contribution in [0.4, 0.5) is 0 Å². The average Bonchev–Trinajstić information content (AvgIpc) is 3.12. The lowest BCUT2D eigenvalue weighted by Gasteiger charge is -2.26. The number of fused-ring (bicyclic) bond motifs is 1. The SMILES string of the molecule is COC1(CNC(=O)c2cc3ccccc3s2)CCSC1. The standard InChI is InChI=1S/C15H17NO2S2/c1-18-15(6-7-19-10-15)9-16-14(17)13-8-11-4-2-3-5-12(11)20-13/h2-5,8H,6-7,9-10H2,1H3,(H,16,17). The number of methoxy groups -OCH3 is 1. The third-order valence-corrected chi connectivity index (χ3v) is 6.06. The lowest BCUT2D eigenvalue weighted by molar-refractivity contribution is 0.0137. The van der Waals surface area contributed by atoms with Crippen LogP contribution < -0.4 is 5.32 Å². The Morgan fingerprint density at radius 3 is 3.00 bits per heavy atom. The maximum atomic E-state index is 12.3. The minimum Gasteiger partial charge on any atom is -0.376 e. The van der Waals surface area contributed by atoms with Gasteiger partial charge >= 0.3 is 0 Å². The molecule has 0 bridgehead atoms. The van der Waals surface area contributed by atoms with Gasteiger partial charge in [-0.25, -0.2) is 0 Å². The molecule has 2 aromatic rings. The Labute approximate surface area is 126 Å². The number of nitrogens with one attached hydrogen (secondary N) is 1. The zero-order valence-corrected chi connectivity index (χ0v) is 13.0. The molecule has 1 unspecified atom stereocenters. The highest BCUT2D eigenvalue weighted by molar-refractivity contribution is 7.99. The number of benzene rings is 1. The number of carbonyl (C=O) groups is 1. The van der Waals surface area contributed by atoms with Gasteiger partial charge in [0.15, 0.2) is 0 Å². The van der Waals surface area contributed by atoms with Crippen molar-refractivity contribution >= 4 is 39.1 Å². The summed E-state index contributed by atoms with van der Waals surface area (Å²) in [6.45, 7) is 0.587. The van der Waals surface area contributed by atoms with Crippen molar-refractivity contribution in [2.45, 2.75) is 12.0 Å². The summed E-state index contributed by atoms with van der Waals surface area (Å²) in [5.74, 6) is 2.06. The van der Waals surface area contributed by atoms with Gasteiger partial charge in [-0.2, -0.15) is 11.8 Å².